The summed E-state index contributed by atoms with van der Waals surface area (Å²) in [5, 5.41) is 0.263. The minimum atomic E-state index is 0.258. The van der Waals surface area contributed by atoms with Crippen LogP contribution in [0.4, 0.5) is 0 Å². The van der Waals surface area contributed by atoms with Crippen LogP contribution in [0.15, 0.2) is 59.5 Å². The van der Waals surface area contributed by atoms with Crippen LogP contribution in [0.2, 0.25) is 0 Å². The molecule has 1 aliphatic rings. The van der Waals surface area contributed by atoms with Crippen LogP contribution in [0.1, 0.15) is 27.6 Å². The highest BCUT2D eigenvalue weighted by molar-refractivity contribution is 7.99. The maximum absolute atomic E-state index is 12.1. The number of rotatable bonds is 1. The van der Waals surface area contributed by atoms with Gasteiger partial charge in [-0.15, -0.1) is 11.8 Å². The maximum Gasteiger partial charge on any atom is 0.165 e. The van der Waals surface area contributed by atoms with Gasteiger partial charge in [-0.05, 0) is 11.6 Å². The Hall–Kier alpha value is -1.54. The summed E-state index contributed by atoms with van der Waals surface area (Å²) in [5.41, 5.74) is 2.12. The second-order valence-corrected chi connectivity index (χ2v) is 5.39. The Morgan fingerprint density at radius 2 is 1.65 bits per heavy atom. The van der Waals surface area contributed by atoms with Crippen molar-refractivity contribution in [3.8, 4) is 0 Å². The largest absolute Gasteiger partial charge is 0.294 e. The predicted octanol–water partition coefficient (Wildman–Crippen LogP) is 4.11. The molecule has 0 unspecified atom stereocenters. The Balaban J connectivity index is 1.97. The predicted molar refractivity (Wildman–Crippen MR) is 70.4 cm³/mol. The summed E-state index contributed by atoms with van der Waals surface area (Å²) in [7, 11) is 0. The van der Waals surface area contributed by atoms with Gasteiger partial charge >= 0.3 is 0 Å². The minimum absolute atomic E-state index is 0.258. The molecule has 0 bridgehead atoms. The third kappa shape index (κ3) is 2.01. The third-order valence-corrected chi connectivity index (χ3v) is 4.33. The van der Waals surface area contributed by atoms with Gasteiger partial charge in [0.25, 0.3) is 0 Å². The Morgan fingerprint density at radius 3 is 2.47 bits per heavy atom. The lowest BCUT2D eigenvalue weighted by Crippen LogP contribution is -2.11. The van der Waals surface area contributed by atoms with E-state index in [0.717, 1.165) is 10.5 Å². The molecule has 2 aromatic rings. The lowest BCUT2D eigenvalue weighted by atomic mass is 10.0. The fraction of sp³-hybridized carbons (Fsp3) is 0.133. The van der Waals surface area contributed by atoms with E-state index in [-0.39, 0.29) is 11.0 Å². The molecule has 0 amide bonds. The van der Waals surface area contributed by atoms with Crippen LogP contribution in [0.5, 0.6) is 0 Å². The molecule has 0 aliphatic carbocycles. The van der Waals surface area contributed by atoms with Crippen LogP contribution >= 0.6 is 11.8 Å². The first kappa shape index (κ1) is 10.6. The summed E-state index contributed by atoms with van der Waals surface area (Å²) in [6.07, 6.45) is 0.603. The quantitative estimate of drug-likeness (QED) is 0.746. The molecule has 0 saturated heterocycles. The SMILES string of the molecule is O=C1C[C@@H](c2ccccc2)Sc2ccccc21. The highest BCUT2D eigenvalue weighted by Crippen LogP contribution is 2.44. The van der Waals surface area contributed by atoms with Crippen molar-refractivity contribution in [2.45, 2.75) is 16.6 Å². The van der Waals surface area contributed by atoms with E-state index in [1.807, 2.05) is 42.5 Å². The van der Waals surface area contributed by atoms with Gasteiger partial charge in [0.1, 0.15) is 0 Å². The van der Waals surface area contributed by atoms with Gasteiger partial charge < -0.3 is 0 Å². The molecule has 0 spiro atoms. The zero-order valence-electron chi connectivity index (χ0n) is 9.30. The second kappa shape index (κ2) is 4.38. The number of carbonyl (C=O) groups is 1. The highest BCUT2D eigenvalue weighted by atomic mass is 32.2. The zero-order valence-corrected chi connectivity index (χ0v) is 10.1. The van der Waals surface area contributed by atoms with E-state index in [1.54, 1.807) is 11.8 Å². The fourth-order valence-corrected chi connectivity index (χ4v) is 3.43. The van der Waals surface area contributed by atoms with E-state index in [1.165, 1.54) is 5.56 Å². The van der Waals surface area contributed by atoms with Crippen LogP contribution in [0.25, 0.3) is 0 Å². The topological polar surface area (TPSA) is 17.1 Å². The van der Waals surface area contributed by atoms with Gasteiger partial charge in [-0.2, -0.15) is 0 Å². The molecule has 0 saturated carbocycles. The van der Waals surface area contributed by atoms with Crippen LogP contribution in [-0.4, -0.2) is 5.78 Å². The first-order chi connectivity index (χ1) is 8.34. The molecule has 1 nitrogen and oxygen atoms in total. The Morgan fingerprint density at radius 1 is 0.941 bits per heavy atom. The van der Waals surface area contributed by atoms with Crippen molar-refractivity contribution in [2.24, 2.45) is 0 Å². The standard InChI is InChI=1S/C15H12OS/c16-13-10-15(11-6-2-1-3-7-11)17-14-9-5-4-8-12(13)14/h1-9,15H,10H2/t15-/m0/s1. The Kier molecular flexibility index (Phi) is 2.73. The number of carbonyl (C=O) groups excluding carboxylic acids is 1. The van der Waals surface area contributed by atoms with E-state index >= 15 is 0 Å². The van der Waals surface area contributed by atoms with Gasteiger partial charge in [-0.25, -0.2) is 0 Å². The fourth-order valence-electron chi connectivity index (χ4n) is 2.13. The molecular weight excluding hydrogens is 228 g/mol. The van der Waals surface area contributed by atoms with Crippen molar-refractivity contribution >= 4 is 17.5 Å². The number of hydrogen-bond acceptors (Lipinski definition) is 2. The Bertz CT molecular complexity index is 548. The number of hydrogen-bond donors (Lipinski definition) is 0. The summed E-state index contributed by atoms with van der Waals surface area (Å²) in [6.45, 7) is 0. The molecule has 0 radical (unpaired) electrons. The number of fused-ring (bicyclic) bond motifs is 1. The van der Waals surface area contributed by atoms with E-state index < -0.39 is 0 Å². The lowest BCUT2D eigenvalue weighted by Gasteiger charge is -2.23. The maximum atomic E-state index is 12.1. The van der Waals surface area contributed by atoms with Crippen molar-refractivity contribution in [1.82, 2.24) is 0 Å². The second-order valence-electron chi connectivity index (χ2n) is 4.14. The Labute approximate surface area is 105 Å². The van der Waals surface area contributed by atoms with Crippen molar-refractivity contribution in [2.75, 3.05) is 0 Å². The van der Waals surface area contributed by atoms with E-state index in [0.29, 0.717) is 6.42 Å². The summed E-state index contributed by atoms with van der Waals surface area (Å²) in [5.74, 6) is 0.258. The molecule has 0 fully saturated rings. The number of Topliss-reactive ketones (excluding diaryl/α,β-unsaturated/α-hetero) is 1. The summed E-state index contributed by atoms with van der Waals surface area (Å²) in [4.78, 5) is 13.2. The van der Waals surface area contributed by atoms with Crippen LogP contribution in [0, 0.1) is 0 Å². The average molecular weight is 240 g/mol. The van der Waals surface area contributed by atoms with Crippen molar-refractivity contribution < 1.29 is 4.79 Å². The van der Waals surface area contributed by atoms with Crippen molar-refractivity contribution in [1.29, 1.82) is 0 Å². The highest BCUT2D eigenvalue weighted by Gasteiger charge is 2.26. The molecule has 0 aromatic heterocycles. The minimum Gasteiger partial charge on any atom is -0.294 e. The molecule has 84 valence electrons. The normalized spacial score (nSPS) is 18.8. The molecular formula is C15H12OS. The summed E-state index contributed by atoms with van der Waals surface area (Å²) >= 11 is 1.79. The number of thioether (sulfide) groups is 1. The van der Waals surface area contributed by atoms with Gasteiger partial charge in [0.15, 0.2) is 5.78 Å². The van der Waals surface area contributed by atoms with Gasteiger partial charge in [-0.1, -0.05) is 48.5 Å². The van der Waals surface area contributed by atoms with Crippen LogP contribution in [-0.2, 0) is 0 Å². The van der Waals surface area contributed by atoms with Gasteiger partial charge in [-0.3, -0.25) is 4.79 Å². The van der Waals surface area contributed by atoms with E-state index in [2.05, 4.69) is 12.1 Å². The molecule has 2 heteroatoms. The summed E-state index contributed by atoms with van der Waals surface area (Å²) in [6, 6.07) is 18.1. The molecule has 3 rings (SSSR count). The summed E-state index contributed by atoms with van der Waals surface area (Å²) < 4.78 is 0. The van der Waals surface area contributed by atoms with Gasteiger partial charge in [0.2, 0.25) is 0 Å². The number of ketones is 1. The molecule has 1 heterocycles. The molecule has 2 aromatic carbocycles. The lowest BCUT2D eigenvalue weighted by molar-refractivity contribution is 0.0976. The molecule has 1 aliphatic heterocycles. The first-order valence-electron chi connectivity index (χ1n) is 5.68. The van der Waals surface area contributed by atoms with Crippen LogP contribution in [0.3, 0.4) is 0 Å². The van der Waals surface area contributed by atoms with Crippen molar-refractivity contribution in [3.63, 3.8) is 0 Å². The first-order valence-corrected chi connectivity index (χ1v) is 6.56. The monoisotopic (exact) mass is 240 g/mol. The van der Waals surface area contributed by atoms with E-state index in [4.69, 9.17) is 0 Å². The van der Waals surface area contributed by atoms with Gasteiger partial charge in [0.05, 0.1) is 0 Å². The van der Waals surface area contributed by atoms with E-state index in [9.17, 15) is 4.79 Å². The molecule has 17 heavy (non-hydrogen) atoms. The third-order valence-electron chi connectivity index (χ3n) is 3.00. The molecule has 1 atom stereocenters. The molecule has 0 N–H and O–H groups in total. The number of benzene rings is 2. The average Bonchev–Trinajstić information content (AvgIpc) is 2.40. The zero-order chi connectivity index (χ0) is 11.7. The smallest absolute Gasteiger partial charge is 0.165 e. The van der Waals surface area contributed by atoms with Crippen molar-refractivity contribution in [3.05, 3.63) is 65.7 Å². The van der Waals surface area contributed by atoms with Gasteiger partial charge in [0, 0.05) is 22.1 Å². The van der Waals surface area contributed by atoms with Crippen LogP contribution < -0.4 is 0 Å².